The number of carbonyl (C=O) groups is 3. The third-order valence-electron chi connectivity index (χ3n) is 20.5. The quantitative estimate of drug-likeness (QED) is 0.159. The van der Waals surface area contributed by atoms with Gasteiger partial charge in [0.1, 0.15) is 5.82 Å². The molecule has 0 aliphatic carbocycles. The van der Waals surface area contributed by atoms with Gasteiger partial charge in [-0.05, 0) is 112 Å². The number of amides is 3. The molecule has 12 heterocycles. The number of likely N-dealkylation sites (N-methyl/N-ethyl adjacent to an activating group) is 2. The lowest BCUT2D eigenvalue weighted by atomic mass is 10.0. The van der Waals surface area contributed by atoms with Gasteiger partial charge in [0.25, 0.3) is 0 Å². The van der Waals surface area contributed by atoms with E-state index in [-0.39, 0.29) is 23.7 Å². The summed E-state index contributed by atoms with van der Waals surface area (Å²) < 4.78 is 43.0. The predicted octanol–water partition coefficient (Wildman–Crippen LogP) is 12.4. The predicted molar refractivity (Wildman–Crippen MR) is 382 cm³/mol. The van der Waals surface area contributed by atoms with Crippen molar-refractivity contribution in [3.63, 3.8) is 0 Å². The summed E-state index contributed by atoms with van der Waals surface area (Å²) in [7, 11) is 5.61. The Hall–Kier alpha value is -7.60. The molecule has 0 unspecified atom stereocenters. The highest BCUT2D eigenvalue weighted by atomic mass is 35.5. The topological polar surface area (TPSA) is 180 Å². The minimum Gasteiger partial charge on any atom is -0.453 e. The molecule has 97 heavy (non-hydrogen) atoms. The molecule has 3 amide bonds. The smallest absolute Gasteiger partial charge is 0.409 e. The van der Waals surface area contributed by atoms with Gasteiger partial charge in [-0.15, -0.1) is 0 Å². The lowest BCUT2D eigenvalue weighted by Gasteiger charge is -2.37. The van der Waals surface area contributed by atoms with Crippen LogP contribution in [0.1, 0.15) is 156 Å². The Bertz CT molecular complexity index is 3760. The fourth-order valence-electron chi connectivity index (χ4n) is 15.1. The number of aryl methyl sites for hydroxylation is 3. The fourth-order valence-corrected chi connectivity index (χ4v) is 15.4. The first kappa shape index (κ1) is 70.7. The van der Waals surface area contributed by atoms with Crippen LogP contribution in [0.2, 0.25) is 5.02 Å². The molecule has 3 aromatic heterocycles. The number of halogens is 2. The van der Waals surface area contributed by atoms with E-state index in [4.69, 9.17) is 45.8 Å². The summed E-state index contributed by atoms with van der Waals surface area (Å²) in [5.74, 6) is 2.82. The van der Waals surface area contributed by atoms with Crippen molar-refractivity contribution in [1.29, 1.82) is 0 Å². The minimum atomic E-state index is -0.292. The van der Waals surface area contributed by atoms with E-state index >= 15 is 0 Å². The molecule has 0 radical (unpaired) electrons. The van der Waals surface area contributed by atoms with Gasteiger partial charge in [0, 0.05) is 185 Å². The summed E-state index contributed by atoms with van der Waals surface area (Å²) >= 11 is 6.66. The van der Waals surface area contributed by atoms with Gasteiger partial charge in [0.05, 0.1) is 79.0 Å². The second kappa shape index (κ2) is 31.5. The van der Waals surface area contributed by atoms with E-state index in [1.54, 1.807) is 31.7 Å². The fraction of sp³-hybridized carbons (Fsp3) is 0.589. The Morgan fingerprint density at radius 2 is 0.979 bits per heavy atom. The van der Waals surface area contributed by atoms with Crippen LogP contribution in [0.3, 0.4) is 0 Å². The van der Waals surface area contributed by atoms with Crippen LogP contribution < -0.4 is 29.8 Å². The van der Waals surface area contributed by atoms with Crippen molar-refractivity contribution in [2.75, 3.05) is 150 Å². The van der Waals surface area contributed by atoms with Crippen LogP contribution >= 0.6 is 11.6 Å². The number of fused-ring (bicyclic) bond motifs is 6. The monoisotopic (exact) mass is 1360 g/mol. The number of nitrogens with one attached hydrogen (secondary N) is 1. The number of nitrogens with zero attached hydrogens (tertiary/aromatic N) is 14. The minimum absolute atomic E-state index is 0.0795. The van der Waals surface area contributed by atoms with Crippen LogP contribution in [-0.4, -0.2) is 182 Å². The molecule has 15 rings (SSSR count). The van der Waals surface area contributed by atoms with Gasteiger partial charge < -0.3 is 63.5 Å². The second-order valence-electron chi connectivity index (χ2n) is 26.3. The zero-order valence-electron chi connectivity index (χ0n) is 59.4. The van der Waals surface area contributed by atoms with E-state index in [1.807, 2.05) is 50.6 Å². The first-order chi connectivity index (χ1) is 47.1. The van der Waals surface area contributed by atoms with E-state index < -0.39 is 0 Å². The Balaban J connectivity index is 0.000000144. The molecule has 0 bridgehead atoms. The van der Waals surface area contributed by atoms with E-state index in [2.05, 4.69) is 95.1 Å². The summed E-state index contributed by atoms with van der Waals surface area (Å²) in [5, 5.41) is 19.8. The molecular weight excluding hydrogens is 1250 g/mol. The molecular formula is C73H103ClFN15O7. The molecule has 3 aromatic carbocycles. The maximum atomic E-state index is 14.6. The molecule has 3 saturated heterocycles. The number of ether oxygens (including phenoxy) is 4. The third-order valence-corrected chi connectivity index (χ3v) is 20.8. The van der Waals surface area contributed by atoms with Gasteiger partial charge in [0.2, 0.25) is 11.8 Å². The molecule has 526 valence electrons. The van der Waals surface area contributed by atoms with Crippen molar-refractivity contribution in [3.05, 3.63) is 104 Å². The highest BCUT2D eigenvalue weighted by molar-refractivity contribution is 6.32. The normalized spacial score (nSPS) is 18.6. The highest BCUT2D eigenvalue weighted by Crippen LogP contribution is 2.46. The van der Waals surface area contributed by atoms with Crippen LogP contribution in [0.15, 0.2) is 42.5 Å². The largest absolute Gasteiger partial charge is 0.453 e. The van der Waals surface area contributed by atoms with Crippen molar-refractivity contribution < 1.29 is 37.7 Å². The Morgan fingerprint density at radius 3 is 1.42 bits per heavy atom. The molecule has 22 nitrogen and oxygen atoms in total. The number of hydrogen-bond donors (Lipinski definition) is 1. The lowest BCUT2D eigenvalue weighted by molar-refractivity contribution is -0.130. The summed E-state index contributed by atoms with van der Waals surface area (Å²) in [6.45, 7) is 30.8. The average molecular weight is 1360 g/mol. The standard InChI is InChI=1S/C24H32ClN5O3.C23H30FN5O2.C22H29N5O2.2C2H6/c1-4-16-13-21-22(14-19(16)25)29(10-9-27(21)2)23-18-15-28(24(31)32-3)8-5-20(18)30(26-23)17-6-11-33-12-7-17;1-15-12-21-22(13-19(15)24)28(9-8-26(21)3)23-18-14-27(16(2)30)7-4-20(18)29(25-23)17-5-10-31-11-6-17;1-15-3-4-21-19(13-15)23-8-10-26(21)22-18-14-25(16(2)28)9-5-20(18)27(24-22)17-6-11-29-12-7-17;2*1-2/h13-14,17H,4-12,15H2,1-3H3;12-13,17H,4-11,14H2,1-3H3;3-4,13,17,23H,5-12,14H2,1-2H3;2*1-2H3. The Morgan fingerprint density at radius 1 is 0.557 bits per heavy atom. The van der Waals surface area contributed by atoms with Gasteiger partial charge in [0.15, 0.2) is 17.5 Å². The number of aromatic nitrogens is 6. The molecule has 3 fully saturated rings. The number of hydrogen-bond acceptors (Lipinski definition) is 16. The second-order valence-corrected chi connectivity index (χ2v) is 26.7. The van der Waals surface area contributed by atoms with E-state index in [1.165, 1.54) is 41.0 Å². The molecule has 24 heteroatoms. The molecule has 9 aliphatic heterocycles. The number of anilines is 9. The van der Waals surface area contributed by atoms with E-state index in [9.17, 15) is 18.8 Å². The van der Waals surface area contributed by atoms with Crippen molar-refractivity contribution in [2.45, 2.75) is 164 Å². The zero-order chi connectivity index (χ0) is 68.8. The number of methoxy groups -OCH3 is 1. The molecule has 0 atom stereocenters. The molecule has 0 saturated carbocycles. The SMILES string of the molecule is CC.CC.CC(=O)N1CCc2c(c(N3CCN(C)c4cc(C)c(F)cc43)nn2C2CCOCC2)C1.CC(=O)N1CCc2c(c(N3CCNc4cc(C)ccc43)nn2C2CCOCC2)C1.CCc1cc2c(cc1Cl)N(c1nn(C3CCOCC3)c3c1CN(C(=O)OC)CC3)CCN2C. The van der Waals surface area contributed by atoms with Gasteiger partial charge in [-0.2, -0.15) is 15.3 Å². The zero-order valence-corrected chi connectivity index (χ0v) is 60.2. The van der Waals surface area contributed by atoms with Crippen LogP contribution in [0.4, 0.5) is 60.8 Å². The van der Waals surface area contributed by atoms with Crippen molar-refractivity contribution in [2.24, 2.45) is 0 Å². The number of benzene rings is 3. The molecule has 6 aromatic rings. The number of carbonyl (C=O) groups excluding carboxylic acids is 3. The summed E-state index contributed by atoms with van der Waals surface area (Å²) in [6, 6.07) is 15.4. The highest BCUT2D eigenvalue weighted by Gasteiger charge is 2.39. The number of rotatable bonds is 7. The Kier molecular flexibility index (Phi) is 23.0. The van der Waals surface area contributed by atoms with Crippen LogP contribution in [0.25, 0.3) is 0 Å². The summed E-state index contributed by atoms with van der Waals surface area (Å²) in [6.07, 6.45) is 8.83. The molecule has 0 spiro atoms. The van der Waals surface area contributed by atoms with E-state index in [0.717, 1.165) is 217 Å². The van der Waals surface area contributed by atoms with Crippen molar-refractivity contribution >= 4 is 81.1 Å². The van der Waals surface area contributed by atoms with Gasteiger partial charge in [-0.25, -0.2) is 9.18 Å². The lowest BCUT2D eigenvalue weighted by Crippen LogP contribution is -2.39. The molecule has 1 N–H and O–H groups in total. The molecule has 9 aliphatic rings. The van der Waals surface area contributed by atoms with Crippen molar-refractivity contribution in [1.82, 2.24) is 44.0 Å². The van der Waals surface area contributed by atoms with Crippen molar-refractivity contribution in [3.8, 4) is 0 Å². The van der Waals surface area contributed by atoms with Gasteiger partial charge >= 0.3 is 6.09 Å². The summed E-state index contributed by atoms with van der Waals surface area (Å²) in [4.78, 5) is 53.4. The van der Waals surface area contributed by atoms with Crippen LogP contribution in [0, 0.1) is 19.7 Å². The third kappa shape index (κ3) is 14.6. The van der Waals surface area contributed by atoms with Crippen LogP contribution in [-0.2, 0) is 73.9 Å². The maximum absolute atomic E-state index is 14.6. The van der Waals surface area contributed by atoms with Crippen LogP contribution in [0.5, 0.6) is 0 Å². The maximum Gasteiger partial charge on any atom is 0.409 e. The average Bonchev–Trinajstić information content (AvgIpc) is 1.65. The first-order valence-electron chi connectivity index (χ1n) is 35.7. The summed E-state index contributed by atoms with van der Waals surface area (Å²) in [5.41, 5.74) is 16.6. The van der Waals surface area contributed by atoms with E-state index in [0.29, 0.717) is 56.4 Å². The Labute approximate surface area is 577 Å². The van der Waals surface area contributed by atoms with Gasteiger partial charge in [-0.1, -0.05) is 52.3 Å². The van der Waals surface area contributed by atoms with Gasteiger partial charge in [-0.3, -0.25) is 23.6 Å². The first-order valence-corrected chi connectivity index (χ1v) is 36.0.